The van der Waals surface area contributed by atoms with Crippen molar-refractivity contribution in [3.63, 3.8) is 0 Å². The molecule has 1 aliphatic carbocycles. The van der Waals surface area contributed by atoms with E-state index in [-0.39, 0.29) is 11.2 Å². The Morgan fingerprint density at radius 1 is 1.58 bits per heavy atom. The maximum atomic E-state index is 11.2. The van der Waals surface area contributed by atoms with Gasteiger partial charge in [-0.05, 0) is 32.1 Å². The molecule has 0 heterocycles. The number of nitrogens with one attached hydrogen (secondary N) is 1. The van der Waals surface area contributed by atoms with Gasteiger partial charge in [0.25, 0.3) is 0 Å². The standard InChI is InChI=1S/C9H17NOS/c1-6-3-4-8(5-6)10-9(11)7(2)12/h6-8,12H,3-5H2,1-2H3,(H,10,11). The van der Waals surface area contributed by atoms with Crippen molar-refractivity contribution < 1.29 is 4.79 Å². The Morgan fingerprint density at radius 3 is 2.67 bits per heavy atom. The molecular weight excluding hydrogens is 170 g/mol. The first-order chi connectivity index (χ1) is 5.59. The van der Waals surface area contributed by atoms with Crippen molar-refractivity contribution in [3.8, 4) is 0 Å². The van der Waals surface area contributed by atoms with E-state index in [1.807, 2.05) is 0 Å². The molecule has 70 valence electrons. The number of amides is 1. The second kappa shape index (κ2) is 4.17. The molecule has 0 aromatic heterocycles. The van der Waals surface area contributed by atoms with Gasteiger partial charge >= 0.3 is 0 Å². The van der Waals surface area contributed by atoms with Crippen LogP contribution in [0.3, 0.4) is 0 Å². The molecule has 0 spiro atoms. The van der Waals surface area contributed by atoms with Crippen LogP contribution in [-0.4, -0.2) is 17.2 Å². The Morgan fingerprint density at radius 2 is 2.25 bits per heavy atom. The maximum Gasteiger partial charge on any atom is 0.232 e. The second-order valence-corrected chi connectivity index (χ2v) is 4.57. The smallest absolute Gasteiger partial charge is 0.232 e. The summed E-state index contributed by atoms with van der Waals surface area (Å²) in [6.45, 7) is 4.03. The first-order valence-corrected chi connectivity index (χ1v) is 5.09. The predicted molar refractivity (Wildman–Crippen MR) is 53.4 cm³/mol. The fourth-order valence-corrected chi connectivity index (χ4v) is 1.73. The van der Waals surface area contributed by atoms with Gasteiger partial charge in [-0.2, -0.15) is 12.6 Å². The van der Waals surface area contributed by atoms with Gasteiger partial charge in [0, 0.05) is 6.04 Å². The summed E-state index contributed by atoms with van der Waals surface area (Å²) in [5.41, 5.74) is 0. The van der Waals surface area contributed by atoms with E-state index in [2.05, 4.69) is 24.9 Å². The summed E-state index contributed by atoms with van der Waals surface area (Å²) in [5, 5.41) is 2.81. The zero-order chi connectivity index (χ0) is 9.14. The summed E-state index contributed by atoms with van der Waals surface area (Å²) in [7, 11) is 0. The van der Waals surface area contributed by atoms with Crippen LogP contribution >= 0.6 is 12.6 Å². The van der Waals surface area contributed by atoms with Gasteiger partial charge in [-0.25, -0.2) is 0 Å². The zero-order valence-corrected chi connectivity index (χ0v) is 8.60. The molecule has 3 heteroatoms. The van der Waals surface area contributed by atoms with Crippen molar-refractivity contribution in [2.24, 2.45) is 5.92 Å². The molecule has 0 aromatic carbocycles. The van der Waals surface area contributed by atoms with Gasteiger partial charge in [0.05, 0.1) is 5.25 Å². The fourth-order valence-electron chi connectivity index (χ4n) is 1.66. The van der Waals surface area contributed by atoms with E-state index in [1.54, 1.807) is 6.92 Å². The van der Waals surface area contributed by atoms with Gasteiger partial charge in [-0.3, -0.25) is 4.79 Å². The molecule has 0 bridgehead atoms. The van der Waals surface area contributed by atoms with E-state index in [9.17, 15) is 4.79 Å². The lowest BCUT2D eigenvalue weighted by Crippen LogP contribution is -2.37. The van der Waals surface area contributed by atoms with Crippen LogP contribution in [0.25, 0.3) is 0 Å². The molecule has 1 amide bonds. The monoisotopic (exact) mass is 187 g/mol. The highest BCUT2D eigenvalue weighted by Gasteiger charge is 2.23. The highest BCUT2D eigenvalue weighted by atomic mass is 32.1. The minimum Gasteiger partial charge on any atom is -0.352 e. The van der Waals surface area contributed by atoms with E-state index in [4.69, 9.17) is 0 Å². The quantitative estimate of drug-likeness (QED) is 0.632. The molecule has 1 fully saturated rings. The highest BCUT2D eigenvalue weighted by Crippen LogP contribution is 2.24. The predicted octanol–water partition coefficient (Wildman–Crippen LogP) is 1.61. The molecule has 0 saturated heterocycles. The van der Waals surface area contributed by atoms with Crippen molar-refractivity contribution in [1.29, 1.82) is 0 Å². The van der Waals surface area contributed by atoms with Crippen LogP contribution in [0.5, 0.6) is 0 Å². The third-order valence-corrected chi connectivity index (χ3v) is 2.66. The number of thiol groups is 1. The third kappa shape index (κ3) is 2.70. The number of carbonyl (C=O) groups excluding carboxylic acids is 1. The normalized spacial score (nSPS) is 31.6. The third-order valence-electron chi connectivity index (χ3n) is 2.42. The van der Waals surface area contributed by atoms with Gasteiger partial charge < -0.3 is 5.32 Å². The average molecular weight is 187 g/mol. The summed E-state index contributed by atoms with van der Waals surface area (Å²) >= 11 is 4.08. The Labute approximate surface area is 79.5 Å². The van der Waals surface area contributed by atoms with Crippen LogP contribution in [-0.2, 0) is 4.79 Å². The van der Waals surface area contributed by atoms with Gasteiger partial charge in [0.15, 0.2) is 0 Å². The van der Waals surface area contributed by atoms with Crippen LogP contribution in [0.1, 0.15) is 33.1 Å². The van der Waals surface area contributed by atoms with Crippen molar-refractivity contribution in [1.82, 2.24) is 5.32 Å². The first kappa shape index (κ1) is 9.90. The highest BCUT2D eigenvalue weighted by molar-refractivity contribution is 7.81. The molecule has 1 rings (SSSR count). The number of hydrogen-bond donors (Lipinski definition) is 2. The number of carbonyl (C=O) groups is 1. The first-order valence-electron chi connectivity index (χ1n) is 4.58. The summed E-state index contributed by atoms with van der Waals surface area (Å²) in [6.07, 6.45) is 3.51. The molecule has 1 aliphatic rings. The lowest BCUT2D eigenvalue weighted by Gasteiger charge is -2.13. The van der Waals surface area contributed by atoms with E-state index in [0.29, 0.717) is 6.04 Å². The lowest BCUT2D eigenvalue weighted by atomic mass is 10.1. The Bertz CT molecular complexity index is 170. The molecule has 3 atom stereocenters. The van der Waals surface area contributed by atoms with Crippen molar-refractivity contribution >= 4 is 18.5 Å². The summed E-state index contributed by atoms with van der Waals surface area (Å²) < 4.78 is 0. The van der Waals surface area contributed by atoms with Crippen LogP contribution in [0.4, 0.5) is 0 Å². The zero-order valence-electron chi connectivity index (χ0n) is 7.71. The van der Waals surface area contributed by atoms with E-state index >= 15 is 0 Å². The van der Waals surface area contributed by atoms with Gasteiger partial charge in [-0.15, -0.1) is 0 Å². The number of rotatable bonds is 2. The molecule has 0 aliphatic heterocycles. The molecular formula is C9H17NOS. The average Bonchev–Trinajstić information content (AvgIpc) is 2.35. The van der Waals surface area contributed by atoms with Crippen molar-refractivity contribution in [2.75, 3.05) is 0 Å². The Hall–Kier alpha value is -0.180. The molecule has 3 unspecified atom stereocenters. The topological polar surface area (TPSA) is 29.1 Å². The van der Waals surface area contributed by atoms with E-state index < -0.39 is 0 Å². The van der Waals surface area contributed by atoms with E-state index in [0.717, 1.165) is 18.8 Å². The molecule has 0 aromatic rings. The molecule has 1 saturated carbocycles. The van der Waals surface area contributed by atoms with Crippen LogP contribution < -0.4 is 5.32 Å². The van der Waals surface area contributed by atoms with Gasteiger partial charge in [-0.1, -0.05) is 6.92 Å². The van der Waals surface area contributed by atoms with Gasteiger partial charge in [0.1, 0.15) is 0 Å². The lowest BCUT2D eigenvalue weighted by molar-refractivity contribution is -0.120. The molecule has 12 heavy (non-hydrogen) atoms. The van der Waals surface area contributed by atoms with Crippen LogP contribution in [0.2, 0.25) is 0 Å². The Balaban J connectivity index is 2.28. The largest absolute Gasteiger partial charge is 0.352 e. The fraction of sp³-hybridized carbons (Fsp3) is 0.889. The molecule has 0 radical (unpaired) electrons. The number of hydrogen-bond acceptors (Lipinski definition) is 2. The minimum absolute atomic E-state index is 0.0671. The van der Waals surface area contributed by atoms with Crippen LogP contribution in [0, 0.1) is 5.92 Å². The van der Waals surface area contributed by atoms with E-state index in [1.165, 1.54) is 6.42 Å². The Kier molecular flexibility index (Phi) is 3.44. The maximum absolute atomic E-state index is 11.2. The molecule has 2 nitrogen and oxygen atoms in total. The summed E-state index contributed by atoms with van der Waals surface area (Å²) in [6, 6.07) is 0.405. The summed E-state index contributed by atoms with van der Waals surface area (Å²) in [4.78, 5) is 11.2. The van der Waals surface area contributed by atoms with Crippen molar-refractivity contribution in [3.05, 3.63) is 0 Å². The minimum atomic E-state index is -0.180. The molecule has 1 N–H and O–H groups in total. The summed E-state index contributed by atoms with van der Waals surface area (Å²) in [5.74, 6) is 0.836. The van der Waals surface area contributed by atoms with Crippen LogP contribution in [0.15, 0.2) is 0 Å². The van der Waals surface area contributed by atoms with Gasteiger partial charge in [0.2, 0.25) is 5.91 Å². The SMILES string of the molecule is CC1CCC(NC(=O)C(C)S)C1. The second-order valence-electron chi connectivity index (χ2n) is 3.80. The van der Waals surface area contributed by atoms with Crippen molar-refractivity contribution in [2.45, 2.75) is 44.4 Å².